The molecule has 156 valence electrons. The first-order valence-electron chi connectivity index (χ1n) is 9.59. The van der Waals surface area contributed by atoms with Gasteiger partial charge in [0.05, 0.1) is 19.4 Å². The van der Waals surface area contributed by atoms with Crippen molar-refractivity contribution in [2.24, 2.45) is 0 Å². The van der Waals surface area contributed by atoms with Crippen LogP contribution in [0.2, 0.25) is 5.02 Å². The molecule has 0 saturated heterocycles. The lowest BCUT2D eigenvalue weighted by atomic mass is 10.0. The van der Waals surface area contributed by atoms with Gasteiger partial charge in [-0.25, -0.2) is 0 Å². The minimum atomic E-state index is -0.560. The third kappa shape index (κ3) is 4.52. The van der Waals surface area contributed by atoms with Gasteiger partial charge in [0.25, 0.3) is 5.91 Å². The van der Waals surface area contributed by atoms with Gasteiger partial charge in [-0.1, -0.05) is 11.6 Å². The molecule has 1 unspecified atom stereocenters. The molecule has 0 aliphatic carbocycles. The summed E-state index contributed by atoms with van der Waals surface area (Å²) in [7, 11) is 1.48. The molecule has 2 aromatic rings. The number of nitrogens with zero attached hydrogens (tertiary/aromatic N) is 1. The second-order valence-electron chi connectivity index (χ2n) is 6.99. The van der Waals surface area contributed by atoms with E-state index in [4.69, 9.17) is 25.8 Å². The third-order valence-corrected chi connectivity index (χ3v) is 5.13. The predicted molar refractivity (Wildman–Crippen MR) is 116 cm³/mol. The lowest BCUT2D eigenvalue weighted by Crippen LogP contribution is -2.14. The molecule has 1 aliphatic rings. The summed E-state index contributed by atoms with van der Waals surface area (Å²) in [6.07, 6.45) is 2.37. The molecular formula is C23H23ClN2O4. The molecule has 6 nitrogen and oxygen atoms in total. The zero-order chi connectivity index (χ0) is 21.8. The molecule has 1 atom stereocenters. The Hall–Kier alpha value is -3.17. The quantitative estimate of drug-likeness (QED) is 0.523. The zero-order valence-electron chi connectivity index (χ0n) is 17.3. The Labute approximate surface area is 181 Å². The number of methoxy groups -OCH3 is 1. The summed E-state index contributed by atoms with van der Waals surface area (Å²) >= 11 is 6.12. The number of nitriles is 1. The van der Waals surface area contributed by atoms with Crippen molar-refractivity contribution in [3.8, 4) is 23.3 Å². The van der Waals surface area contributed by atoms with Gasteiger partial charge >= 0.3 is 0 Å². The number of aryl methyl sites for hydroxylation is 1. The Morgan fingerprint density at radius 2 is 2.13 bits per heavy atom. The zero-order valence-corrected chi connectivity index (χ0v) is 18.1. The van der Waals surface area contributed by atoms with Crippen LogP contribution in [-0.2, 0) is 11.2 Å². The molecule has 0 saturated carbocycles. The van der Waals surface area contributed by atoms with Crippen LogP contribution in [0.5, 0.6) is 17.2 Å². The van der Waals surface area contributed by atoms with Crippen molar-refractivity contribution in [1.82, 2.24) is 0 Å². The molecule has 2 aromatic carbocycles. The van der Waals surface area contributed by atoms with Crippen molar-refractivity contribution in [3.63, 3.8) is 0 Å². The Kier molecular flexibility index (Phi) is 6.53. The predicted octanol–water partition coefficient (Wildman–Crippen LogP) is 4.92. The van der Waals surface area contributed by atoms with Crippen LogP contribution < -0.4 is 19.5 Å². The largest absolute Gasteiger partial charge is 0.495 e. The first-order valence-corrected chi connectivity index (χ1v) is 9.97. The highest BCUT2D eigenvalue weighted by Crippen LogP contribution is 2.36. The fourth-order valence-corrected chi connectivity index (χ4v) is 3.43. The maximum atomic E-state index is 12.8. The van der Waals surface area contributed by atoms with Crippen LogP contribution in [0, 0.1) is 18.3 Å². The Morgan fingerprint density at radius 1 is 1.37 bits per heavy atom. The topological polar surface area (TPSA) is 80.6 Å². The van der Waals surface area contributed by atoms with Gasteiger partial charge in [0.2, 0.25) is 0 Å². The first kappa shape index (κ1) is 21.5. The summed E-state index contributed by atoms with van der Waals surface area (Å²) in [5, 5.41) is 12.9. The van der Waals surface area contributed by atoms with E-state index in [1.165, 1.54) is 13.2 Å². The number of fused-ring (bicyclic) bond motifs is 1. The van der Waals surface area contributed by atoms with Gasteiger partial charge in [-0.3, -0.25) is 4.79 Å². The maximum absolute atomic E-state index is 12.8. The van der Waals surface area contributed by atoms with Crippen molar-refractivity contribution in [1.29, 1.82) is 5.26 Å². The number of benzene rings is 2. The van der Waals surface area contributed by atoms with E-state index in [2.05, 4.69) is 5.32 Å². The summed E-state index contributed by atoms with van der Waals surface area (Å²) in [5.41, 5.74) is 2.79. The second-order valence-corrected chi connectivity index (χ2v) is 7.40. The van der Waals surface area contributed by atoms with E-state index < -0.39 is 5.91 Å². The van der Waals surface area contributed by atoms with Gasteiger partial charge in [-0.2, -0.15) is 5.26 Å². The number of hydrogen-bond donors (Lipinski definition) is 1. The smallest absolute Gasteiger partial charge is 0.266 e. The number of ether oxygens (including phenoxy) is 3. The van der Waals surface area contributed by atoms with Gasteiger partial charge < -0.3 is 19.5 Å². The summed E-state index contributed by atoms with van der Waals surface area (Å²) in [6.45, 7) is 6.15. The monoisotopic (exact) mass is 426 g/mol. The van der Waals surface area contributed by atoms with Crippen LogP contribution in [0.25, 0.3) is 6.08 Å². The Morgan fingerprint density at radius 3 is 2.80 bits per heavy atom. The summed E-state index contributed by atoms with van der Waals surface area (Å²) in [6, 6.07) is 9.00. The molecule has 7 heteroatoms. The molecule has 3 rings (SSSR count). The third-order valence-electron chi connectivity index (χ3n) is 4.72. The van der Waals surface area contributed by atoms with E-state index in [1.807, 2.05) is 39.0 Å². The number of halogens is 1. The van der Waals surface area contributed by atoms with Crippen LogP contribution in [0.1, 0.15) is 30.5 Å². The number of nitrogens with one attached hydrogen (secondary N) is 1. The van der Waals surface area contributed by atoms with Crippen LogP contribution in [0.15, 0.2) is 29.8 Å². The molecule has 0 spiro atoms. The lowest BCUT2D eigenvalue weighted by Gasteiger charge is -2.13. The van der Waals surface area contributed by atoms with Crippen molar-refractivity contribution in [2.75, 3.05) is 19.0 Å². The molecule has 1 aliphatic heterocycles. The fourth-order valence-electron chi connectivity index (χ4n) is 3.27. The highest BCUT2D eigenvalue weighted by Gasteiger charge is 2.22. The SMILES string of the molecule is CCOc1cc2c(cc1/C=C(\C#N)C(=O)Nc1cc(C)c(Cl)cc1OC)OC(C)C2. The standard InChI is InChI=1S/C23H23ClN2O4/c1-5-29-20-9-15-7-14(3)30-21(15)10-16(20)8-17(12-25)23(27)26-19-6-13(2)18(24)11-22(19)28-4/h6,8-11,14H,5,7H2,1-4H3,(H,26,27)/b17-8+. The summed E-state index contributed by atoms with van der Waals surface area (Å²) in [4.78, 5) is 12.8. The van der Waals surface area contributed by atoms with E-state index in [9.17, 15) is 10.1 Å². The number of carbonyl (C=O) groups is 1. The molecule has 0 bridgehead atoms. The Balaban J connectivity index is 1.95. The normalized spacial score (nSPS) is 15.1. The average molecular weight is 427 g/mol. The van der Waals surface area contributed by atoms with Crippen LogP contribution in [0.3, 0.4) is 0 Å². The van der Waals surface area contributed by atoms with Gasteiger partial charge in [0, 0.05) is 28.6 Å². The molecular weight excluding hydrogens is 404 g/mol. The van der Waals surface area contributed by atoms with Gasteiger partial charge in [0.15, 0.2) is 0 Å². The Bertz CT molecular complexity index is 1060. The number of carbonyl (C=O) groups excluding carboxylic acids is 1. The minimum Gasteiger partial charge on any atom is -0.495 e. The highest BCUT2D eigenvalue weighted by molar-refractivity contribution is 6.31. The van der Waals surface area contributed by atoms with Crippen LogP contribution in [-0.4, -0.2) is 25.7 Å². The summed E-state index contributed by atoms with van der Waals surface area (Å²) < 4.78 is 16.8. The molecule has 0 aromatic heterocycles. The number of hydrogen-bond acceptors (Lipinski definition) is 5. The van der Waals surface area contributed by atoms with Crippen molar-refractivity contribution in [3.05, 3.63) is 51.6 Å². The van der Waals surface area contributed by atoms with E-state index in [1.54, 1.807) is 12.1 Å². The van der Waals surface area contributed by atoms with Crippen LogP contribution >= 0.6 is 11.6 Å². The molecule has 0 fully saturated rings. The number of rotatable bonds is 6. The minimum absolute atomic E-state index is 0.0726. The van der Waals surface area contributed by atoms with E-state index >= 15 is 0 Å². The van der Waals surface area contributed by atoms with Crippen molar-refractivity contribution < 1.29 is 19.0 Å². The van der Waals surface area contributed by atoms with E-state index in [0.717, 1.165) is 23.3 Å². The van der Waals surface area contributed by atoms with E-state index in [0.29, 0.717) is 34.4 Å². The van der Waals surface area contributed by atoms with Gasteiger partial charge in [0.1, 0.15) is 35.0 Å². The second kappa shape index (κ2) is 9.10. The van der Waals surface area contributed by atoms with Crippen LogP contribution in [0.4, 0.5) is 5.69 Å². The van der Waals surface area contributed by atoms with E-state index in [-0.39, 0.29) is 11.7 Å². The number of anilines is 1. The van der Waals surface area contributed by atoms with Gasteiger partial charge in [-0.15, -0.1) is 0 Å². The van der Waals surface area contributed by atoms with Crippen molar-refractivity contribution in [2.45, 2.75) is 33.3 Å². The lowest BCUT2D eigenvalue weighted by molar-refractivity contribution is -0.112. The molecule has 1 amide bonds. The maximum Gasteiger partial charge on any atom is 0.266 e. The first-order chi connectivity index (χ1) is 14.4. The highest BCUT2D eigenvalue weighted by atomic mass is 35.5. The molecule has 30 heavy (non-hydrogen) atoms. The molecule has 0 radical (unpaired) electrons. The van der Waals surface area contributed by atoms with Gasteiger partial charge in [-0.05, 0) is 50.6 Å². The number of amides is 1. The molecule has 1 heterocycles. The fraction of sp³-hybridized carbons (Fsp3) is 0.304. The van der Waals surface area contributed by atoms with Crippen molar-refractivity contribution >= 4 is 29.3 Å². The summed E-state index contributed by atoms with van der Waals surface area (Å²) in [5.74, 6) is 1.19. The average Bonchev–Trinajstić information content (AvgIpc) is 3.07. The molecule has 1 N–H and O–H groups in total.